The van der Waals surface area contributed by atoms with Crippen LogP contribution in [-0.2, 0) is 14.3 Å². The monoisotopic (exact) mass is 381 g/mol. The molecular formula is C19H31N3O3S. The Labute approximate surface area is 159 Å². The number of thioether (sulfide) groups is 1. The first kappa shape index (κ1) is 17.7. The van der Waals surface area contributed by atoms with Crippen molar-refractivity contribution in [3.63, 3.8) is 0 Å². The first-order chi connectivity index (χ1) is 12.4. The molecule has 4 heterocycles. The highest BCUT2D eigenvalue weighted by molar-refractivity contribution is 8.00. The van der Waals surface area contributed by atoms with Crippen LogP contribution in [0.15, 0.2) is 0 Å². The summed E-state index contributed by atoms with van der Waals surface area (Å²) in [6.07, 6.45) is 7.11. The molecular weight excluding hydrogens is 350 g/mol. The summed E-state index contributed by atoms with van der Waals surface area (Å²) >= 11 is 1.88. The van der Waals surface area contributed by atoms with Crippen molar-refractivity contribution in [3.05, 3.63) is 0 Å². The fourth-order valence-electron chi connectivity index (χ4n) is 5.89. The zero-order chi connectivity index (χ0) is 18.1. The van der Waals surface area contributed by atoms with Crippen LogP contribution in [0.2, 0.25) is 0 Å². The van der Waals surface area contributed by atoms with E-state index in [4.69, 9.17) is 15.3 Å². The molecule has 3 N–H and O–H groups in total. The van der Waals surface area contributed by atoms with E-state index in [0.29, 0.717) is 23.2 Å². The van der Waals surface area contributed by atoms with Crippen LogP contribution in [0.1, 0.15) is 52.4 Å². The van der Waals surface area contributed by atoms with Crippen molar-refractivity contribution in [2.24, 2.45) is 23.6 Å². The predicted octanol–water partition coefficient (Wildman–Crippen LogP) is 1.84. The standard InChI is InChI=1S/C19H31N3O3S/c1-19(2)8-11-14(9-24-19)26-17-15(11)18(23)22(20)16(21-17)13-7-10-5-3-4-6-12(10)25-13/h10-17,21H,3-9,20H2,1-2H3. The van der Waals surface area contributed by atoms with Crippen LogP contribution >= 0.6 is 11.8 Å². The Kier molecular flexibility index (Phi) is 4.33. The van der Waals surface area contributed by atoms with Crippen molar-refractivity contribution in [2.75, 3.05) is 6.61 Å². The van der Waals surface area contributed by atoms with E-state index in [-0.39, 0.29) is 35.1 Å². The number of nitrogens with two attached hydrogens (primary N) is 1. The van der Waals surface area contributed by atoms with Gasteiger partial charge in [0.1, 0.15) is 6.17 Å². The second kappa shape index (κ2) is 6.34. The number of fused-ring (bicyclic) bond motifs is 4. The normalized spacial score (nSPS) is 50.3. The summed E-state index contributed by atoms with van der Waals surface area (Å²) in [5.74, 6) is 7.37. The Bertz CT molecular complexity index is 574. The van der Waals surface area contributed by atoms with Gasteiger partial charge in [-0.05, 0) is 51.4 Å². The molecule has 1 aliphatic carbocycles. The highest BCUT2D eigenvalue weighted by atomic mass is 32.2. The maximum absolute atomic E-state index is 13.2. The van der Waals surface area contributed by atoms with E-state index in [1.807, 2.05) is 11.8 Å². The minimum Gasteiger partial charge on any atom is -0.374 e. The van der Waals surface area contributed by atoms with Crippen LogP contribution in [0.5, 0.6) is 0 Å². The summed E-state index contributed by atoms with van der Waals surface area (Å²) < 4.78 is 12.4. The van der Waals surface area contributed by atoms with Crippen LogP contribution in [0.25, 0.3) is 0 Å². The van der Waals surface area contributed by atoms with Gasteiger partial charge in [0.2, 0.25) is 5.91 Å². The van der Waals surface area contributed by atoms with Gasteiger partial charge in [0.15, 0.2) is 0 Å². The summed E-state index contributed by atoms with van der Waals surface area (Å²) in [5, 5.41) is 5.67. The van der Waals surface area contributed by atoms with Gasteiger partial charge >= 0.3 is 0 Å². The Morgan fingerprint density at radius 1 is 1.27 bits per heavy atom. The predicted molar refractivity (Wildman–Crippen MR) is 100.0 cm³/mol. The van der Waals surface area contributed by atoms with Gasteiger partial charge in [-0.25, -0.2) is 5.84 Å². The Morgan fingerprint density at radius 3 is 2.88 bits per heavy atom. The van der Waals surface area contributed by atoms with Crippen LogP contribution < -0.4 is 11.2 Å². The van der Waals surface area contributed by atoms with Gasteiger partial charge in [-0.1, -0.05) is 12.8 Å². The fraction of sp³-hybridized carbons (Fsp3) is 0.947. The average molecular weight is 382 g/mol. The van der Waals surface area contributed by atoms with E-state index in [0.717, 1.165) is 25.9 Å². The third-order valence-electron chi connectivity index (χ3n) is 7.20. The first-order valence-corrected chi connectivity index (χ1v) is 11.2. The van der Waals surface area contributed by atoms with Crippen molar-refractivity contribution >= 4 is 17.7 Å². The Hall–Kier alpha value is -0.340. The molecule has 0 aromatic carbocycles. The molecule has 8 unspecified atom stereocenters. The summed E-state index contributed by atoms with van der Waals surface area (Å²) in [4.78, 5) is 13.2. The number of amides is 1. The van der Waals surface area contributed by atoms with Crippen molar-refractivity contribution in [3.8, 4) is 0 Å². The third kappa shape index (κ3) is 2.82. The van der Waals surface area contributed by atoms with Crippen molar-refractivity contribution < 1.29 is 14.3 Å². The molecule has 5 rings (SSSR count). The minimum atomic E-state index is -0.198. The van der Waals surface area contributed by atoms with Crippen LogP contribution in [0.3, 0.4) is 0 Å². The fourth-order valence-corrected chi connectivity index (χ4v) is 7.59. The molecule has 1 amide bonds. The molecule has 4 aliphatic heterocycles. The summed E-state index contributed by atoms with van der Waals surface area (Å²) in [6.45, 7) is 4.97. The maximum Gasteiger partial charge on any atom is 0.243 e. The van der Waals surface area contributed by atoms with Gasteiger partial charge in [-0.15, -0.1) is 11.8 Å². The van der Waals surface area contributed by atoms with Gasteiger partial charge in [0.25, 0.3) is 0 Å². The second-order valence-electron chi connectivity index (χ2n) is 9.41. The average Bonchev–Trinajstić information content (AvgIpc) is 3.17. The molecule has 8 atom stereocenters. The van der Waals surface area contributed by atoms with E-state index in [9.17, 15) is 4.79 Å². The van der Waals surface area contributed by atoms with E-state index < -0.39 is 0 Å². The number of hydrazine groups is 1. The Balaban J connectivity index is 1.33. The first-order valence-electron chi connectivity index (χ1n) is 10.2. The largest absolute Gasteiger partial charge is 0.374 e. The molecule has 26 heavy (non-hydrogen) atoms. The SMILES string of the molecule is CC1(C)CC2C(CO1)SC1NC(C3CC4CCCCC4O3)N(N)C(=O)C12. The zero-order valence-corrected chi connectivity index (χ0v) is 16.5. The molecule has 1 saturated carbocycles. The van der Waals surface area contributed by atoms with E-state index >= 15 is 0 Å². The van der Waals surface area contributed by atoms with Crippen LogP contribution in [0.4, 0.5) is 0 Å². The van der Waals surface area contributed by atoms with E-state index in [1.54, 1.807) is 0 Å². The number of nitrogens with zero attached hydrogens (tertiary/aromatic N) is 1. The molecule has 5 aliphatic rings. The number of nitrogens with one attached hydrogen (secondary N) is 1. The summed E-state index contributed by atoms with van der Waals surface area (Å²) in [6, 6.07) is 0. The number of ether oxygens (including phenoxy) is 2. The molecule has 4 saturated heterocycles. The smallest absolute Gasteiger partial charge is 0.243 e. The zero-order valence-electron chi connectivity index (χ0n) is 15.7. The van der Waals surface area contributed by atoms with E-state index in [2.05, 4.69) is 19.2 Å². The lowest BCUT2D eigenvalue weighted by molar-refractivity contribution is -0.155. The van der Waals surface area contributed by atoms with Gasteiger partial charge < -0.3 is 9.47 Å². The lowest BCUT2D eigenvalue weighted by atomic mass is 9.78. The molecule has 7 heteroatoms. The maximum atomic E-state index is 13.2. The van der Waals surface area contributed by atoms with Crippen molar-refractivity contribution in [2.45, 2.75) is 87.0 Å². The van der Waals surface area contributed by atoms with Crippen molar-refractivity contribution in [1.29, 1.82) is 0 Å². The highest BCUT2D eigenvalue weighted by Crippen LogP contribution is 2.51. The molecule has 146 valence electrons. The second-order valence-corrected chi connectivity index (χ2v) is 10.8. The molecule has 0 spiro atoms. The number of hydrogen-bond acceptors (Lipinski definition) is 6. The molecule has 0 aromatic heterocycles. The number of hydrogen-bond donors (Lipinski definition) is 2. The summed E-state index contributed by atoms with van der Waals surface area (Å²) in [7, 11) is 0. The summed E-state index contributed by atoms with van der Waals surface area (Å²) in [5.41, 5.74) is -0.155. The molecule has 6 nitrogen and oxygen atoms in total. The highest BCUT2D eigenvalue weighted by Gasteiger charge is 2.57. The number of carbonyl (C=O) groups is 1. The topological polar surface area (TPSA) is 76.8 Å². The van der Waals surface area contributed by atoms with Crippen molar-refractivity contribution in [1.82, 2.24) is 10.3 Å². The van der Waals surface area contributed by atoms with Gasteiger partial charge in [0, 0.05) is 5.25 Å². The number of rotatable bonds is 1. The Morgan fingerprint density at radius 2 is 2.08 bits per heavy atom. The third-order valence-corrected chi connectivity index (χ3v) is 8.76. The molecule has 5 fully saturated rings. The van der Waals surface area contributed by atoms with Gasteiger partial charge in [-0.3, -0.25) is 15.1 Å². The van der Waals surface area contributed by atoms with Crippen LogP contribution in [0, 0.1) is 17.8 Å². The molecule has 0 radical (unpaired) electrons. The minimum absolute atomic E-state index is 0.0221. The quantitative estimate of drug-likeness (QED) is 0.533. The molecule has 0 bridgehead atoms. The van der Waals surface area contributed by atoms with E-state index in [1.165, 1.54) is 24.3 Å². The molecule has 0 aromatic rings. The van der Waals surface area contributed by atoms with Gasteiger partial charge in [0.05, 0.1) is 35.7 Å². The number of carbonyl (C=O) groups excluding carboxylic acids is 1. The lowest BCUT2D eigenvalue weighted by Crippen LogP contribution is -2.68. The van der Waals surface area contributed by atoms with Gasteiger partial charge in [-0.2, -0.15) is 0 Å². The lowest BCUT2D eigenvalue weighted by Gasteiger charge is -2.44. The van der Waals surface area contributed by atoms with Crippen LogP contribution in [-0.4, -0.2) is 52.1 Å².